The largest absolute Gasteiger partial charge is 0.477 e. The topological polar surface area (TPSA) is 62.5 Å². The monoisotopic (exact) mass is 233 g/mol. The van der Waals surface area contributed by atoms with Crippen LogP contribution >= 0.6 is 0 Å². The standard InChI is InChI=1S/C13H15NO3/c1-2-9-3-4-11-10(7-9)8-12(13(16)17)14(11)5-6-15/h3-4,7-8,15H,2,5-6H2,1H3,(H,16,17). The van der Waals surface area contributed by atoms with Gasteiger partial charge in [-0.1, -0.05) is 13.0 Å². The van der Waals surface area contributed by atoms with Gasteiger partial charge in [0.15, 0.2) is 0 Å². The van der Waals surface area contributed by atoms with Crippen LogP contribution in [0.2, 0.25) is 0 Å². The molecule has 0 atom stereocenters. The number of aromatic nitrogens is 1. The zero-order valence-corrected chi connectivity index (χ0v) is 9.68. The van der Waals surface area contributed by atoms with Gasteiger partial charge in [0.05, 0.1) is 6.61 Å². The SMILES string of the molecule is CCc1ccc2c(c1)cc(C(=O)O)n2CCO. The minimum absolute atomic E-state index is 0.0699. The Hall–Kier alpha value is -1.81. The van der Waals surface area contributed by atoms with Crippen LogP contribution < -0.4 is 0 Å². The molecule has 0 unspecified atom stereocenters. The Morgan fingerprint density at radius 2 is 2.12 bits per heavy atom. The number of carboxylic acids is 1. The number of benzene rings is 1. The Morgan fingerprint density at radius 3 is 2.71 bits per heavy atom. The number of nitrogens with zero attached hydrogens (tertiary/aromatic N) is 1. The van der Waals surface area contributed by atoms with Crippen LogP contribution in [0.5, 0.6) is 0 Å². The predicted molar refractivity (Wildman–Crippen MR) is 65.4 cm³/mol. The minimum Gasteiger partial charge on any atom is -0.477 e. The van der Waals surface area contributed by atoms with Crippen LogP contribution in [0.15, 0.2) is 24.3 Å². The number of aromatic carboxylic acids is 1. The van der Waals surface area contributed by atoms with Crippen molar-refractivity contribution in [3.63, 3.8) is 0 Å². The number of rotatable bonds is 4. The third-order valence-electron chi connectivity index (χ3n) is 2.92. The average Bonchev–Trinajstić information content (AvgIpc) is 2.68. The lowest BCUT2D eigenvalue weighted by atomic mass is 10.1. The molecule has 0 saturated carbocycles. The van der Waals surface area contributed by atoms with E-state index in [1.807, 2.05) is 18.2 Å². The second kappa shape index (κ2) is 4.59. The summed E-state index contributed by atoms with van der Waals surface area (Å²) >= 11 is 0. The van der Waals surface area contributed by atoms with Gasteiger partial charge in [0.2, 0.25) is 0 Å². The second-order valence-corrected chi connectivity index (χ2v) is 3.96. The molecule has 2 aromatic rings. The molecule has 2 rings (SSSR count). The quantitative estimate of drug-likeness (QED) is 0.847. The van der Waals surface area contributed by atoms with Crippen molar-refractivity contribution in [3.05, 3.63) is 35.5 Å². The molecule has 0 aliphatic heterocycles. The predicted octanol–water partition coefficient (Wildman–Crippen LogP) is 1.89. The zero-order valence-electron chi connectivity index (χ0n) is 9.68. The summed E-state index contributed by atoms with van der Waals surface area (Å²) in [4.78, 5) is 11.1. The van der Waals surface area contributed by atoms with E-state index in [0.29, 0.717) is 6.54 Å². The Labute approximate surface area is 99.1 Å². The summed E-state index contributed by atoms with van der Waals surface area (Å²) < 4.78 is 1.64. The van der Waals surface area contributed by atoms with E-state index in [4.69, 9.17) is 10.2 Å². The highest BCUT2D eigenvalue weighted by Crippen LogP contribution is 2.21. The summed E-state index contributed by atoms with van der Waals surface area (Å²) in [5.74, 6) is -0.965. The number of aliphatic hydroxyl groups is 1. The zero-order chi connectivity index (χ0) is 12.4. The Balaban J connectivity index is 2.65. The summed E-state index contributed by atoms with van der Waals surface area (Å²) in [5, 5.41) is 19.0. The number of aryl methyl sites for hydroxylation is 1. The molecule has 0 spiro atoms. The molecular weight excluding hydrogens is 218 g/mol. The third kappa shape index (κ3) is 2.03. The van der Waals surface area contributed by atoms with Crippen LogP contribution in [0, 0.1) is 0 Å². The number of aliphatic hydroxyl groups excluding tert-OH is 1. The summed E-state index contributed by atoms with van der Waals surface area (Å²) in [6.45, 7) is 2.29. The molecule has 1 aromatic heterocycles. The van der Waals surface area contributed by atoms with E-state index in [9.17, 15) is 4.79 Å². The van der Waals surface area contributed by atoms with Gasteiger partial charge in [0.1, 0.15) is 5.69 Å². The average molecular weight is 233 g/mol. The molecular formula is C13H15NO3. The smallest absolute Gasteiger partial charge is 0.352 e. The Bertz CT molecular complexity index is 557. The molecule has 1 aromatic carbocycles. The number of hydrogen-bond donors (Lipinski definition) is 2. The highest BCUT2D eigenvalue weighted by atomic mass is 16.4. The molecule has 0 radical (unpaired) electrons. The van der Waals surface area contributed by atoms with Gasteiger partial charge in [-0.2, -0.15) is 0 Å². The molecule has 17 heavy (non-hydrogen) atoms. The molecule has 4 heteroatoms. The van der Waals surface area contributed by atoms with Crippen LogP contribution in [-0.4, -0.2) is 27.4 Å². The van der Waals surface area contributed by atoms with E-state index in [-0.39, 0.29) is 12.3 Å². The van der Waals surface area contributed by atoms with Crippen LogP contribution in [0.3, 0.4) is 0 Å². The maximum atomic E-state index is 11.1. The van der Waals surface area contributed by atoms with Crippen molar-refractivity contribution in [3.8, 4) is 0 Å². The maximum Gasteiger partial charge on any atom is 0.352 e. The van der Waals surface area contributed by atoms with Crippen molar-refractivity contribution in [1.29, 1.82) is 0 Å². The van der Waals surface area contributed by atoms with Gasteiger partial charge in [-0.25, -0.2) is 4.79 Å². The van der Waals surface area contributed by atoms with Crippen LogP contribution in [-0.2, 0) is 13.0 Å². The van der Waals surface area contributed by atoms with E-state index in [1.165, 1.54) is 5.56 Å². The molecule has 4 nitrogen and oxygen atoms in total. The fourth-order valence-electron chi connectivity index (χ4n) is 2.06. The lowest BCUT2D eigenvalue weighted by Crippen LogP contribution is -2.10. The van der Waals surface area contributed by atoms with Crippen molar-refractivity contribution in [1.82, 2.24) is 4.57 Å². The van der Waals surface area contributed by atoms with Crippen molar-refractivity contribution < 1.29 is 15.0 Å². The van der Waals surface area contributed by atoms with Crippen LogP contribution in [0.4, 0.5) is 0 Å². The van der Waals surface area contributed by atoms with Crippen LogP contribution in [0.1, 0.15) is 23.0 Å². The van der Waals surface area contributed by atoms with Gasteiger partial charge in [-0.3, -0.25) is 0 Å². The number of fused-ring (bicyclic) bond motifs is 1. The molecule has 0 saturated heterocycles. The van der Waals surface area contributed by atoms with E-state index in [0.717, 1.165) is 17.3 Å². The Morgan fingerprint density at radius 1 is 1.35 bits per heavy atom. The molecule has 0 aliphatic rings. The highest BCUT2D eigenvalue weighted by molar-refractivity contribution is 5.94. The first kappa shape index (κ1) is 11.7. The molecule has 0 fully saturated rings. The molecule has 1 heterocycles. The highest BCUT2D eigenvalue weighted by Gasteiger charge is 2.14. The summed E-state index contributed by atoms with van der Waals surface area (Å²) in [6, 6.07) is 7.56. The Kier molecular flexibility index (Phi) is 3.15. The molecule has 2 N–H and O–H groups in total. The van der Waals surface area contributed by atoms with Gasteiger partial charge >= 0.3 is 5.97 Å². The molecule has 0 amide bonds. The molecule has 0 bridgehead atoms. The van der Waals surface area contributed by atoms with Crippen LogP contribution in [0.25, 0.3) is 10.9 Å². The van der Waals surface area contributed by atoms with Gasteiger partial charge in [0.25, 0.3) is 0 Å². The normalized spacial score (nSPS) is 10.9. The third-order valence-corrected chi connectivity index (χ3v) is 2.92. The van der Waals surface area contributed by atoms with E-state index in [1.54, 1.807) is 10.6 Å². The van der Waals surface area contributed by atoms with Crippen molar-refractivity contribution in [2.45, 2.75) is 19.9 Å². The first-order valence-electron chi connectivity index (χ1n) is 5.63. The molecule has 90 valence electrons. The van der Waals surface area contributed by atoms with E-state index >= 15 is 0 Å². The van der Waals surface area contributed by atoms with Gasteiger partial charge in [0, 0.05) is 17.4 Å². The van der Waals surface area contributed by atoms with E-state index < -0.39 is 5.97 Å². The fourth-order valence-corrected chi connectivity index (χ4v) is 2.06. The lowest BCUT2D eigenvalue weighted by molar-refractivity contribution is 0.0684. The fraction of sp³-hybridized carbons (Fsp3) is 0.308. The summed E-state index contributed by atoms with van der Waals surface area (Å²) in [6.07, 6.45) is 0.920. The van der Waals surface area contributed by atoms with Gasteiger partial charge < -0.3 is 14.8 Å². The van der Waals surface area contributed by atoms with Gasteiger partial charge in [-0.15, -0.1) is 0 Å². The maximum absolute atomic E-state index is 11.1. The lowest BCUT2D eigenvalue weighted by Gasteiger charge is -2.06. The van der Waals surface area contributed by atoms with Crippen molar-refractivity contribution in [2.24, 2.45) is 0 Å². The number of carbonyl (C=O) groups is 1. The first-order valence-corrected chi connectivity index (χ1v) is 5.63. The minimum atomic E-state index is -0.965. The van der Waals surface area contributed by atoms with Crippen molar-refractivity contribution in [2.75, 3.05) is 6.61 Å². The molecule has 0 aliphatic carbocycles. The number of carboxylic acid groups (broad SMARTS) is 1. The van der Waals surface area contributed by atoms with E-state index in [2.05, 4.69) is 6.92 Å². The summed E-state index contributed by atoms with van der Waals surface area (Å²) in [7, 11) is 0. The first-order chi connectivity index (χ1) is 8.17. The number of hydrogen-bond acceptors (Lipinski definition) is 2. The second-order valence-electron chi connectivity index (χ2n) is 3.96. The van der Waals surface area contributed by atoms with Crippen molar-refractivity contribution >= 4 is 16.9 Å². The van der Waals surface area contributed by atoms with Gasteiger partial charge in [-0.05, 0) is 30.2 Å². The summed E-state index contributed by atoms with van der Waals surface area (Å²) in [5.41, 5.74) is 2.26.